The van der Waals surface area contributed by atoms with E-state index in [1.807, 2.05) is 43.3 Å². The number of nitrogens with one attached hydrogen (secondary N) is 1. The van der Waals surface area contributed by atoms with E-state index in [0.29, 0.717) is 17.2 Å². The Labute approximate surface area is 144 Å². The SMILES string of the molecule is CCOC(=O)c1cccc(Sc2c(C)[nH]c3cc(Cl)ccc23)c1. The monoisotopic (exact) mass is 345 g/mol. The first-order valence-corrected chi connectivity index (χ1v) is 8.51. The third kappa shape index (κ3) is 3.38. The number of aromatic amines is 1. The standard InChI is InChI=1S/C18H16ClNO2S/c1-3-22-18(21)12-5-4-6-14(9-12)23-17-11(2)20-16-10-13(19)7-8-15(16)17/h4-10,20H,3H2,1-2H3. The zero-order chi connectivity index (χ0) is 16.4. The molecule has 3 rings (SSSR count). The van der Waals surface area contributed by atoms with Crippen LogP contribution in [0.15, 0.2) is 52.3 Å². The first kappa shape index (κ1) is 16.0. The van der Waals surface area contributed by atoms with E-state index in [-0.39, 0.29) is 5.97 Å². The van der Waals surface area contributed by atoms with E-state index < -0.39 is 0 Å². The Kier molecular flexibility index (Phi) is 4.64. The maximum Gasteiger partial charge on any atom is 0.338 e. The summed E-state index contributed by atoms with van der Waals surface area (Å²) in [7, 11) is 0. The number of hydrogen-bond acceptors (Lipinski definition) is 3. The van der Waals surface area contributed by atoms with Crippen molar-refractivity contribution >= 4 is 40.2 Å². The van der Waals surface area contributed by atoms with Crippen molar-refractivity contribution in [3.63, 3.8) is 0 Å². The number of esters is 1. The number of aromatic nitrogens is 1. The second-order valence-electron chi connectivity index (χ2n) is 5.12. The molecular formula is C18H16ClNO2S. The molecule has 5 heteroatoms. The van der Waals surface area contributed by atoms with Gasteiger partial charge in [0.05, 0.1) is 12.2 Å². The number of ether oxygens (including phenoxy) is 1. The second-order valence-corrected chi connectivity index (χ2v) is 6.64. The van der Waals surface area contributed by atoms with E-state index >= 15 is 0 Å². The summed E-state index contributed by atoms with van der Waals surface area (Å²) in [6, 6.07) is 13.3. The minimum absolute atomic E-state index is 0.294. The Hall–Kier alpha value is -1.91. The lowest BCUT2D eigenvalue weighted by molar-refractivity contribution is 0.0526. The van der Waals surface area contributed by atoms with E-state index in [4.69, 9.17) is 16.3 Å². The van der Waals surface area contributed by atoms with Crippen molar-refractivity contribution in [1.29, 1.82) is 0 Å². The molecule has 0 unspecified atom stereocenters. The number of H-pyrrole nitrogens is 1. The van der Waals surface area contributed by atoms with Crippen LogP contribution < -0.4 is 0 Å². The number of hydrogen-bond donors (Lipinski definition) is 1. The van der Waals surface area contributed by atoms with Gasteiger partial charge in [0.15, 0.2) is 0 Å². The van der Waals surface area contributed by atoms with Gasteiger partial charge >= 0.3 is 5.97 Å². The Morgan fingerprint density at radius 3 is 2.87 bits per heavy atom. The number of carbonyl (C=O) groups excluding carboxylic acids is 1. The summed E-state index contributed by atoms with van der Waals surface area (Å²) in [5, 5.41) is 1.83. The molecule has 1 N–H and O–H groups in total. The number of aryl methyl sites for hydroxylation is 1. The zero-order valence-electron chi connectivity index (χ0n) is 12.9. The summed E-state index contributed by atoms with van der Waals surface area (Å²) in [5.41, 5.74) is 2.66. The van der Waals surface area contributed by atoms with Gasteiger partial charge in [-0.1, -0.05) is 35.5 Å². The smallest absolute Gasteiger partial charge is 0.338 e. The van der Waals surface area contributed by atoms with Crippen LogP contribution in [0.4, 0.5) is 0 Å². The van der Waals surface area contributed by atoms with Crippen LogP contribution in [-0.4, -0.2) is 17.6 Å². The quantitative estimate of drug-likeness (QED) is 0.638. The number of fused-ring (bicyclic) bond motifs is 1. The highest BCUT2D eigenvalue weighted by Crippen LogP contribution is 2.37. The average molecular weight is 346 g/mol. The van der Waals surface area contributed by atoms with Crippen LogP contribution in [0.25, 0.3) is 10.9 Å². The third-order valence-electron chi connectivity index (χ3n) is 3.45. The third-order valence-corrected chi connectivity index (χ3v) is 4.91. The lowest BCUT2D eigenvalue weighted by Gasteiger charge is -2.05. The molecule has 0 spiro atoms. The number of benzene rings is 2. The molecule has 0 aliphatic heterocycles. The molecule has 1 heterocycles. The second kappa shape index (κ2) is 6.69. The zero-order valence-corrected chi connectivity index (χ0v) is 14.4. The predicted octanol–water partition coefficient (Wildman–Crippen LogP) is 5.46. The Bertz CT molecular complexity index is 873. The average Bonchev–Trinajstić information content (AvgIpc) is 2.83. The van der Waals surface area contributed by atoms with Crippen molar-refractivity contribution in [3.8, 4) is 0 Å². The van der Waals surface area contributed by atoms with Crippen molar-refractivity contribution in [2.75, 3.05) is 6.61 Å². The van der Waals surface area contributed by atoms with Crippen molar-refractivity contribution in [2.24, 2.45) is 0 Å². The summed E-state index contributed by atoms with van der Waals surface area (Å²) >= 11 is 7.67. The van der Waals surface area contributed by atoms with Gasteiger partial charge in [-0.2, -0.15) is 0 Å². The number of carbonyl (C=O) groups is 1. The van der Waals surface area contributed by atoms with Crippen molar-refractivity contribution in [3.05, 3.63) is 58.7 Å². The lowest BCUT2D eigenvalue weighted by atomic mass is 10.2. The molecule has 3 nitrogen and oxygen atoms in total. The maximum atomic E-state index is 11.9. The molecule has 1 aromatic heterocycles. The molecule has 2 aromatic carbocycles. The van der Waals surface area contributed by atoms with Crippen LogP contribution >= 0.6 is 23.4 Å². The molecule has 0 fully saturated rings. The minimum Gasteiger partial charge on any atom is -0.462 e. The molecule has 0 atom stereocenters. The van der Waals surface area contributed by atoms with Gasteiger partial charge in [-0.25, -0.2) is 4.79 Å². The molecule has 0 radical (unpaired) electrons. The van der Waals surface area contributed by atoms with Gasteiger partial charge < -0.3 is 9.72 Å². The van der Waals surface area contributed by atoms with Gasteiger partial charge in [0.1, 0.15) is 0 Å². The Balaban J connectivity index is 1.95. The Morgan fingerprint density at radius 2 is 2.09 bits per heavy atom. The summed E-state index contributed by atoms with van der Waals surface area (Å²) in [5.74, 6) is -0.294. The summed E-state index contributed by atoms with van der Waals surface area (Å²) in [6.07, 6.45) is 0. The fraction of sp³-hybridized carbons (Fsp3) is 0.167. The molecule has 0 bridgehead atoms. The fourth-order valence-electron chi connectivity index (χ4n) is 2.43. The minimum atomic E-state index is -0.294. The molecule has 0 amide bonds. The van der Waals surface area contributed by atoms with Crippen molar-refractivity contribution in [1.82, 2.24) is 4.98 Å². The molecule has 3 aromatic rings. The highest BCUT2D eigenvalue weighted by molar-refractivity contribution is 7.99. The summed E-state index contributed by atoms with van der Waals surface area (Å²) in [6.45, 7) is 4.21. The largest absolute Gasteiger partial charge is 0.462 e. The molecule has 0 saturated carbocycles. The van der Waals surface area contributed by atoms with E-state index in [0.717, 1.165) is 26.4 Å². The maximum absolute atomic E-state index is 11.9. The van der Waals surface area contributed by atoms with Crippen LogP contribution in [0.1, 0.15) is 23.0 Å². The molecular weight excluding hydrogens is 330 g/mol. The Morgan fingerprint density at radius 1 is 1.26 bits per heavy atom. The van der Waals surface area contributed by atoms with E-state index in [9.17, 15) is 4.79 Å². The van der Waals surface area contributed by atoms with Crippen LogP contribution in [0.2, 0.25) is 5.02 Å². The fourth-order valence-corrected chi connectivity index (χ4v) is 3.66. The van der Waals surface area contributed by atoms with Crippen molar-refractivity contribution in [2.45, 2.75) is 23.6 Å². The molecule has 118 valence electrons. The highest BCUT2D eigenvalue weighted by Gasteiger charge is 2.12. The molecule has 0 saturated heterocycles. The number of rotatable bonds is 4. The first-order valence-electron chi connectivity index (χ1n) is 7.31. The summed E-state index contributed by atoms with van der Waals surface area (Å²) < 4.78 is 5.06. The van der Waals surface area contributed by atoms with E-state index in [2.05, 4.69) is 4.98 Å². The van der Waals surface area contributed by atoms with Crippen LogP contribution in [-0.2, 0) is 4.74 Å². The molecule has 0 aliphatic rings. The van der Waals surface area contributed by atoms with Gasteiger partial charge in [-0.3, -0.25) is 0 Å². The predicted molar refractivity (Wildman–Crippen MR) is 94.6 cm³/mol. The van der Waals surface area contributed by atoms with Crippen LogP contribution in [0.3, 0.4) is 0 Å². The van der Waals surface area contributed by atoms with E-state index in [1.54, 1.807) is 24.8 Å². The summed E-state index contributed by atoms with van der Waals surface area (Å²) in [4.78, 5) is 17.3. The highest BCUT2D eigenvalue weighted by atomic mass is 35.5. The van der Waals surface area contributed by atoms with Gasteiger partial charge in [0, 0.05) is 31.4 Å². The van der Waals surface area contributed by atoms with Crippen LogP contribution in [0, 0.1) is 6.92 Å². The van der Waals surface area contributed by atoms with Gasteiger partial charge in [-0.05, 0) is 44.2 Å². The van der Waals surface area contributed by atoms with Crippen molar-refractivity contribution < 1.29 is 9.53 Å². The molecule has 23 heavy (non-hydrogen) atoms. The first-order chi connectivity index (χ1) is 11.1. The molecule has 0 aliphatic carbocycles. The van der Waals surface area contributed by atoms with Gasteiger partial charge in [-0.15, -0.1) is 0 Å². The van der Waals surface area contributed by atoms with Gasteiger partial charge in [0.25, 0.3) is 0 Å². The van der Waals surface area contributed by atoms with E-state index in [1.165, 1.54) is 0 Å². The number of halogens is 1. The lowest BCUT2D eigenvalue weighted by Crippen LogP contribution is -2.04. The topological polar surface area (TPSA) is 42.1 Å². The normalized spacial score (nSPS) is 10.9. The van der Waals surface area contributed by atoms with Gasteiger partial charge in [0.2, 0.25) is 0 Å². The van der Waals surface area contributed by atoms with Crippen LogP contribution in [0.5, 0.6) is 0 Å².